The van der Waals surface area contributed by atoms with E-state index in [1.165, 1.54) is 30.3 Å². The zero-order valence-corrected chi connectivity index (χ0v) is 15.9. The van der Waals surface area contributed by atoms with E-state index in [0.29, 0.717) is 18.6 Å². The van der Waals surface area contributed by atoms with Crippen molar-refractivity contribution < 1.29 is 39.1 Å². The number of hydrogen-bond acceptors (Lipinski definition) is 6. The first-order chi connectivity index (χ1) is 13.9. The molecule has 4 N–H and O–H groups in total. The van der Waals surface area contributed by atoms with E-state index in [9.17, 15) is 24.5 Å². The Morgan fingerprint density at radius 3 is 2.38 bits per heavy atom. The van der Waals surface area contributed by atoms with E-state index in [1.54, 1.807) is 18.2 Å². The molecular weight excluding hydrogens is 383 g/mol. The average Bonchev–Trinajstić information content (AvgIpc) is 2.69. The summed E-state index contributed by atoms with van der Waals surface area (Å²) >= 11 is 0. The molecule has 0 saturated carbocycles. The van der Waals surface area contributed by atoms with Crippen molar-refractivity contribution in [3.05, 3.63) is 66.5 Å². The van der Waals surface area contributed by atoms with Gasteiger partial charge in [0.15, 0.2) is 0 Å². The molecule has 1 aromatic rings. The van der Waals surface area contributed by atoms with E-state index in [-0.39, 0.29) is 19.0 Å². The fourth-order valence-corrected chi connectivity index (χ4v) is 2.06. The van der Waals surface area contributed by atoms with Crippen molar-refractivity contribution >= 4 is 5.97 Å². The second kappa shape index (κ2) is 14.5. The van der Waals surface area contributed by atoms with Crippen molar-refractivity contribution in [2.45, 2.75) is 31.2 Å². The van der Waals surface area contributed by atoms with E-state index in [0.717, 1.165) is 0 Å². The first-order valence-electron chi connectivity index (χ1n) is 9.10. The van der Waals surface area contributed by atoms with Crippen LogP contribution in [0.5, 0.6) is 5.75 Å². The maximum absolute atomic E-state index is 12.8. The van der Waals surface area contributed by atoms with Gasteiger partial charge in [0.1, 0.15) is 43.1 Å². The van der Waals surface area contributed by atoms with Gasteiger partial charge in [-0.1, -0.05) is 36.5 Å². The molecule has 0 radical (unpaired) electrons. The Kier molecular flexibility index (Phi) is 12.2. The smallest absolute Gasteiger partial charge is 0.329 e. The number of allylic oxidation sites excluding steroid dienone is 4. The molecule has 8 heteroatoms. The van der Waals surface area contributed by atoms with E-state index < -0.39 is 30.9 Å². The predicted molar refractivity (Wildman–Crippen MR) is 105 cm³/mol. The van der Waals surface area contributed by atoms with Crippen LogP contribution in [0.15, 0.2) is 60.7 Å². The maximum atomic E-state index is 12.8. The van der Waals surface area contributed by atoms with Crippen molar-refractivity contribution in [3.63, 3.8) is 0 Å². The van der Waals surface area contributed by atoms with Gasteiger partial charge in [0.2, 0.25) is 0 Å². The minimum absolute atomic E-state index is 0.0666. The topological polar surface area (TPSA) is 116 Å². The Bertz CT molecular complexity index is 670. The van der Waals surface area contributed by atoms with E-state index in [4.69, 9.17) is 14.6 Å². The van der Waals surface area contributed by atoms with Gasteiger partial charge < -0.3 is 29.9 Å². The van der Waals surface area contributed by atoms with Crippen LogP contribution in [0.1, 0.15) is 12.8 Å². The molecule has 0 aromatic heterocycles. The molecular formula is C21H27FO7. The molecule has 0 fully saturated rings. The fraction of sp³-hybridized carbons (Fsp3) is 0.381. The molecule has 0 saturated heterocycles. The Morgan fingerprint density at radius 1 is 1.00 bits per heavy atom. The highest BCUT2D eigenvalue weighted by molar-refractivity contribution is 5.67. The lowest BCUT2D eigenvalue weighted by Gasteiger charge is -2.13. The van der Waals surface area contributed by atoms with Crippen LogP contribution in [0, 0.1) is 5.82 Å². The van der Waals surface area contributed by atoms with E-state index in [1.807, 2.05) is 12.2 Å². The van der Waals surface area contributed by atoms with Crippen LogP contribution in [-0.4, -0.2) is 64.5 Å². The number of ether oxygens (including phenoxy) is 2. The molecule has 7 nitrogen and oxygen atoms in total. The minimum Gasteiger partial charge on any atom is -0.491 e. The largest absolute Gasteiger partial charge is 0.491 e. The minimum atomic E-state index is -1.21. The summed E-state index contributed by atoms with van der Waals surface area (Å²) in [7, 11) is 0. The third-order valence-corrected chi connectivity index (χ3v) is 3.56. The Balaban J connectivity index is 2.15. The second-order valence-corrected chi connectivity index (χ2v) is 6.12. The van der Waals surface area contributed by atoms with E-state index in [2.05, 4.69) is 0 Å². The lowest BCUT2D eigenvalue weighted by molar-refractivity contribution is -0.143. The summed E-state index contributed by atoms with van der Waals surface area (Å²) < 4.78 is 22.8. The number of aliphatic carboxylic acids is 1. The van der Waals surface area contributed by atoms with Crippen LogP contribution in [0.3, 0.4) is 0 Å². The number of carbonyl (C=O) groups is 1. The summed E-state index contributed by atoms with van der Waals surface area (Å²) in [5.41, 5.74) is 0. The van der Waals surface area contributed by atoms with Crippen LogP contribution in [-0.2, 0) is 9.53 Å². The Hall–Kier alpha value is -2.52. The zero-order chi connectivity index (χ0) is 21.5. The SMILES string of the molecule is O=C(O)COC[C@H](O)[C@H](O)C=CC=CCCC=C[C@H](O)COc1ccc(F)cc1. The van der Waals surface area contributed by atoms with Crippen molar-refractivity contribution in [2.75, 3.05) is 19.8 Å². The summed E-state index contributed by atoms with van der Waals surface area (Å²) in [5.74, 6) is -1.02. The van der Waals surface area contributed by atoms with Crippen molar-refractivity contribution in [1.82, 2.24) is 0 Å². The Morgan fingerprint density at radius 2 is 1.69 bits per heavy atom. The first-order valence-corrected chi connectivity index (χ1v) is 9.10. The highest BCUT2D eigenvalue weighted by atomic mass is 19.1. The molecule has 0 aliphatic carbocycles. The quantitative estimate of drug-likeness (QED) is 0.210. The number of aliphatic hydroxyl groups is 3. The van der Waals surface area contributed by atoms with Crippen LogP contribution < -0.4 is 4.74 Å². The van der Waals surface area contributed by atoms with Crippen molar-refractivity contribution in [3.8, 4) is 5.75 Å². The second-order valence-electron chi connectivity index (χ2n) is 6.12. The molecule has 0 aliphatic rings. The summed E-state index contributed by atoms with van der Waals surface area (Å²) in [6.45, 7) is -0.745. The summed E-state index contributed by atoms with van der Waals surface area (Å²) in [6, 6.07) is 5.54. The first kappa shape index (κ1) is 24.5. The predicted octanol–water partition coefficient (Wildman–Crippen LogP) is 1.84. The molecule has 29 heavy (non-hydrogen) atoms. The van der Waals surface area contributed by atoms with Crippen LogP contribution in [0.4, 0.5) is 4.39 Å². The number of halogens is 1. The number of aliphatic hydroxyl groups excluding tert-OH is 3. The third kappa shape index (κ3) is 12.5. The van der Waals surface area contributed by atoms with Crippen LogP contribution >= 0.6 is 0 Å². The van der Waals surface area contributed by atoms with Crippen molar-refractivity contribution in [2.24, 2.45) is 0 Å². The summed E-state index contributed by atoms with van der Waals surface area (Å²) in [4.78, 5) is 10.3. The van der Waals surface area contributed by atoms with E-state index >= 15 is 0 Å². The third-order valence-electron chi connectivity index (χ3n) is 3.56. The lowest BCUT2D eigenvalue weighted by Crippen LogP contribution is -2.29. The van der Waals surface area contributed by atoms with Gasteiger partial charge in [0.05, 0.1) is 6.61 Å². The highest BCUT2D eigenvalue weighted by Crippen LogP contribution is 2.11. The number of benzene rings is 1. The maximum Gasteiger partial charge on any atom is 0.329 e. The molecule has 0 spiro atoms. The molecule has 0 heterocycles. The van der Waals surface area contributed by atoms with Gasteiger partial charge in [-0.25, -0.2) is 9.18 Å². The molecule has 0 aliphatic heterocycles. The van der Waals surface area contributed by atoms with Crippen LogP contribution in [0.25, 0.3) is 0 Å². The number of unbranched alkanes of at least 4 members (excludes halogenated alkanes) is 1. The van der Waals surface area contributed by atoms with Crippen LogP contribution in [0.2, 0.25) is 0 Å². The molecule has 1 rings (SSSR count). The normalized spacial score (nSPS) is 15.2. The molecule has 0 bridgehead atoms. The van der Waals surface area contributed by atoms with Gasteiger partial charge in [0.25, 0.3) is 0 Å². The van der Waals surface area contributed by atoms with Gasteiger partial charge in [-0.2, -0.15) is 0 Å². The van der Waals surface area contributed by atoms with Gasteiger partial charge >= 0.3 is 5.97 Å². The lowest BCUT2D eigenvalue weighted by atomic mass is 10.2. The number of carboxylic acid groups (broad SMARTS) is 1. The monoisotopic (exact) mass is 410 g/mol. The molecule has 160 valence electrons. The molecule has 0 unspecified atom stereocenters. The van der Waals surface area contributed by atoms with Gasteiger partial charge in [-0.15, -0.1) is 0 Å². The molecule has 3 atom stereocenters. The Labute approximate surface area is 169 Å². The summed E-state index contributed by atoms with van der Waals surface area (Å²) in [6.07, 6.45) is 8.17. The highest BCUT2D eigenvalue weighted by Gasteiger charge is 2.13. The molecule has 1 aromatic carbocycles. The average molecular weight is 410 g/mol. The zero-order valence-electron chi connectivity index (χ0n) is 15.9. The van der Waals surface area contributed by atoms with Gasteiger partial charge in [-0.3, -0.25) is 0 Å². The standard InChI is InChI=1S/C21H27FO7/c22-16-9-11-18(12-10-16)29-13-17(23)7-5-3-1-2-4-6-8-19(24)20(25)14-28-15-21(26)27/h2,4-12,17,19-20,23-25H,1,3,13-15H2,(H,26,27)/t17-,19+,20-/m0/s1. The summed E-state index contributed by atoms with van der Waals surface area (Å²) in [5, 5.41) is 37.5. The van der Waals surface area contributed by atoms with Gasteiger partial charge in [0, 0.05) is 0 Å². The molecule has 0 amide bonds. The van der Waals surface area contributed by atoms with Gasteiger partial charge in [-0.05, 0) is 37.1 Å². The number of carboxylic acids is 1. The fourth-order valence-electron chi connectivity index (χ4n) is 2.06. The number of rotatable bonds is 14. The number of hydrogen-bond donors (Lipinski definition) is 4. The van der Waals surface area contributed by atoms with Crippen molar-refractivity contribution in [1.29, 1.82) is 0 Å².